The minimum atomic E-state index is -2.94. The van der Waals surface area contributed by atoms with Gasteiger partial charge in [-0.15, -0.1) is 0 Å². The van der Waals surface area contributed by atoms with Crippen LogP contribution < -0.4 is 10.1 Å². The number of carbonyl (C=O) groups is 1. The molecular weight excluding hydrogens is 406 g/mol. The molecule has 2 aromatic rings. The Hall–Kier alpha value is -1.86. The van der Waals surface area contributed by atoms with Gasteiger partial charge in [0.15, 0.2) is 9.84 Å². The first kappa shape index (κ1) is 17.9. The molecule has 132 valence electrons. The smallest absolute Gasteiger partial charge is 0.255 e. The summed E-state index contributed by atoms with van der Waals surface area (Å²) in [6, 6.07) is 14.4. The molecule has 0 radical (unpaired) electrons. The van der Waals surface area contributed by atoms with E-state index in [2.05, 4.69) is 21.2 Å². The number of hydrogen-bond acceptors (Lipinski definition) is 4. The van der Waals surface area contributed by atoms with Crippen molar-refractivity contribution in [3.8, 4) is 11.5 Å². The Labute approximate surface area is 155 Å². The zero-order valence-corrected chi connectivity index (χ0v) is 15.8. The van der Waals surface area contributed by atoms with Crippen molar-refractivity contribution >= 4 is 31.7 Å². The summed E-state index contributed by atoms with van der Waals surface area (Å²) in [6.45, 7) is 0.350. The van der Waals surface area contributed by atoms with Gasteiger partial charge < -0.3 is 10.1 Å². The first-order chi connectivity index (χ1) is 11.9. The number of para-hydroxylation sites is 1. The second-order valence-electron chi connectivity index (χ2n) is 6.03. The zero-order chi connectivity index (χ0) is 17.9. The molecule has 0 aromatic heterocycles. The van der Waals surface area contributed by atoms with E-state index in [1.807, 2.05) is 24.3 Å². The highest BCUT2D eigenvalue weighted by Crippen LogP contribution is 2.27. The van der Waals surface area contributed by atoms with Crippen molar-refractivity contribution < 1.29 is 17.9 Å². The largest absolute Gasteiger partial charge is 0.456 e. The minimum Gasteiger partial charge on any atom is -0.456 e. The molecule has 0 saturated carbocycles. The highest BCUT2D eigenvalue weighted by Gasteiger charge is 2.28. The van der Waals surface area contributed by atoms with Crippen LogP contribution in [0.5, 0.6) is 11.5 Å². The third-order valence-electron chi connectivity index (χ3n) is 4.03. The molecule has 1 saturated heterocycles. The van der Waals surface area contributed by atoms with Gasteiger partial charge in [0.25, 0.3) is 5.91 Å². The molecule has 7 heteroatoms. The van der Waals surface area contributed by atoms with E-state index in [0.717, 1.165) is 4.47 Å². The molecule has 0 bridgehead atoms. The Bertz CT molecular complexity index is 882. The van der Waals surface area contributed by atoms with Crippen molar-refractivity contribution in [3.63, 3.8) is 0 Å². The lowest BCUT2D eigenvalue weighted by Crippen LogP contribution is -2.30. The molecule has 1 aliphatic heterocycles. The maximum absolute atomic E-state index is 12.5. The summed E-state index contributed by atoms with van der Waals surface area (Å²) in [5.74, 6) is 1.13. The van der Waals surface area contributed by atoms with Gasteiger partial charge in [0.05, 0.1) is 17.1 Å². The Morgan fingerprint density at radius 3 is 2.72 bits per heavy atom. The monoisotopic (exact) mass is 423 g/mol. The van der Waals surface area contributed by atoms with E-state index in [-0.39, 0.29) is 23.3 Å². The molecular formula is C18H18BrNO4S. The molecule has 0 spiro atoms. The zero-order valence-electron chi connectivity index (χ0n) is 13.4. The van der Waals surface area contributed by atoms with Gasteiger partial charge in [-0.1, -0.05) is 34.1 Å². The van der Waals surface area contributed by atoms with Crippen LogP contribution in [0.1, 0.15) is 16.8 Å². The predicted octanol–water partition coefficient (Wildman–Crippen LogP) is 3.41. The number of hydrogen-bond donors (Lipinski definition) is 1. The minimum absolute atomic E-state index is 0.0212. The van der Waals surface area contributed by atoms with Crippen LogP contribution in [0.15, 0.2) is 53.0 Å². The molecule has 2 aromatic carbocycles. The average Bonchev–Trinajstić information content (AvgIpc) is 2.92. The van der Waals surface area contributed by atoms with Crippen LogP contribution in [0.25, 0.3) is 0 Å². The van der Waals surface area contributed by atoms with E-state index in [0.29, 0.717) is 30.0 Å². The second kappa shape index (κ2) is 7.58. The normalized spacial score (nSPS) is 18.7. The van der Waals surface area contributed by atoms with Crippen LogP contribution >= 0.6 is 15.9 Å². The Morgan fingerprint density at radius 2 is 2.00 bits per heavy atom. The molecule has 1 heterocycles. The number of nitrogens with one attached hydrogen (secondary N) is 1. The molecule has 3 rings (SSSR count). The van der Waals surface area contributed by atoms with Crippen molar-refractivity contribution in [2.75, 3.05) is 18.1 Å². The van der Waals surface area contributed by atoms with Crippen molar-refractivity contribution in [2.45, 2.75) is 6.42 Å². The van der Waals surface area contributed by atoms with Crippen LogP contribution in [-0.2, 0) is 9.84 Å². The topological polar surface area (TPSA) is 72.5 Å². The van der Waals surface area contributed by atoms with Gasteiger partial charge in [0.1, 0.15) is 11.5 Å². The number of amides is 1. The van der Waals surface area contributed by atoms with Crippen molar-refractivity contribution in [3.05, 3.63) is 58.6 Å². The molecule has 1 amide bonds. The van der Waals surface area contributed by atoms with E-state index in [1.165, 1.54) is 0 Å². The number of ether oxygens (including phenoxy) is 1. The molecule has 0 aliphatic carbocycles. The van der Waals surface area contributed by atoms with E-state index in [1.54, 1.807) is 24.3 Å². The third-order valence-corrected chi connectivity index (χ3v) is 6.36. The van der Waals surface area contributed by atoms with Gasteiger partial charge in [-0.25, -0.2) is 8.42 Å². The average molecular weight is 424 g/mol. The lowest BCUT2D eigenvalue weighted by atomic mass is 10.1. The van der Waals surface area contributed by atoms with Gasteiger partial charge in [-0.2, -0.15) is 0 Å². The van der Waals surface area contributed by atoms with Crippen LogP contribution in [0.4, 0.5) is 0 Å². The number of rotatable bonds is 5. The summed E-state index contributed by atoms with van der Waals surface area (Å²) in [5.41, 5.74) is 0.420. The van der Waals surface area contributed by atoms with E-state index < -0.39 is 9.84 Å². The van der Waals surface area contributed by atoms with Crippen LogP contribution in [0.3, 0.4) is 0 Å². The first-order valence-electron chi connectivity index (χ1n) is 7.94. The third kappa shape index (κ3) is 4.83. The summed E-state index contributed by atoms with van der Waals surface area (Å²) in [4.78, 5) is 12.5. The predicted molar refractivity (Wildman–Crippen MR) is 99.8 cm³/mol. The number of sulfone groups is 1. The van der Waals surface area contributed by atoms with Gasteiger partial charge >= 0.3 is 0 Å². The highest BCUT2D eigenvalue weighted by atomic mass is 79.9. The molecule has 1 aliphatic rings. The lowest BCUT2D eigenvalue weighted by Gasteiger charge is -2.13. The summed E-state index contributed by atoms with van der Waals surface area (Å²) in [5, 5.41) is 2.82. The molecule has 5 nitrogen and oxygen atoms in total. The standard InChI is InChI=1S/C18H18BrNO4S/c19-14-4-3-5-15(10-14)24-17-7-2-1-6-16(17)18(21)20-11-13-8-9-25(22,23)12-13/h1-7,10,13H,8-9,11-12H2,(H,20,21). The maximum Gasteiger partial charge on any atom is 0.255 e. The van der Waals surface area contributed by atoms with E-state index in [4.69, 9.17) is 4.74 Å². The molecule has 1 atom stereocenters. The molecule has 25 heavy (non-hydrogen) atoms. The highest BCUT2D eigenvalue weighted by molar-refractivity contribution is 9.10. The second-order valence-corrected chi connectivity index (χ2v) is 9.18. The fourth-order valence-corrected chi connectivity index (χ4v) is 5.01. The van der Waals surface area contributed by atoms with Crippen molar-refractivity contribution in [1.82, 2.24) is 5.32 Å². The van der Waals surface area contributed by atoms with E-state index in [9.17, 15) is 13.2 Å². The number of carbonyl (C=O) groups excluding carboxylic acids is 1. The quantitative estimate of drug-likeness (QED) is 0.799. The fourth-order valence-electron chi connectivity index (χ4n) is 2.77. The van der Waals surface area contributed by atoms with Crippen LogP contribution in [-0.4, -0.2) is 32.4 Å². The summed E-state index contributed by atoms with van der Waals surface area (Å²) >= 11 is 3.39. The Morgan fingerprint density at radius 1 is 1.20 bits per heavy atom. The van der Waals surface area contributed by atoms with Crippen LogP contribution in [0, 0.1) is 5.92 Å². The van der Waals surface area contributed by atoms with Gasteiger partial charge in [0, 0.05) is 11.0 Å². The maximum atomic E-state index is 12.5. The Balaban J connectivity index is 1.68. The molecule has 1 unspecified atom stereocenters. The molecule has 1 N–H and O–H groups in total. The van der Waals surface area contributed by atoms with Crippen molar-refractivity contribution in [1.29, 1.82) is 0 Å². The van der Waals surface area contributed by atoms with Crippen molar-refractivity contribution in [2.24, 2.45) is 5.92 Å². The number of halogens is 1. The first-order valence-corrected chi connectivity index (χ1v) is 10.6. The fraction of sp³-hybridized carbons (Fsp3) is 0.278. The summed E-state index contributed by atoms with van der Waals surface area (Å²) < 4.78 is 29.7. The van der Waals surface area contributed by atoms with Crippen LogP contribution in [0.2, 0.25) is 0 Å². The van der Waals surface area contributed by atoms with Gasteiger partial charge in [-0.3, -0.25) is 4.79 Å². The number of benzene rings is 2. The Kier molecular flexibility index (Phi) is 5.44. The summed E-state index contributed by atoms with van der Waals surface area (Å²) in [6.07, 6.45) is 0.596. The SMILES string of the molecule is O=C(NCC1CCS(=O)(=O)C1)c1ccccc1Oc1cccc(Br)c1. The van der Waals surface area contributed by atoms with E-state index >= 15 is 0 Å². The summed E-state index contributed by atoms with van der Waals surface area (Å²) in [7, 11) is -2.94. The van der Waals surface area contributed by atoms with Gasteiger partial charge in [-0.05, 0) is 42.7 Å². The lowest BCUT2D eigenvalue weighted by molar-refractivity contribution is 0.0946. The van der Waals surface area contributed by atoms with Gasteiger partial charge in [0.2, 0.25) is 0 Å². The molecule has 1 fully saturated rings.